The Kier molecular flexibility index (Phi) is 9.53. The highest BCUT2D eigenvalue weighted by molar-refractivity contribution is 7.99. The molecule has 0 spiro atoms. The minimum atomic E-state index is -0.284. The van der Waals surface area contributed by atoms with Crippen LogP contribution >= 0.6 is 23.4 Å². The minimum Gasteiger partial charge on any atom is -0.493 e. The van der Waals surface area contributed by atoms with Crippen LogP contribution in [0.2, 0.25) is 5.02 Å². The molecule has 0 saturated heterocycles. The third-order valence-electron chi connectivity index (χ3n) is 6.19. The molecule has 42 heavy (non-hydrogen) atoms. The average Bonchev–Trinajstić information content (AvgIpc) is 3.44. The van der Waals surface area contributed by atoms with E-state index in [1.54, 1.807) is 19.4 Å². The number of nitrogens with zero attached hydrogens (tertiary/aromatic N) is 4. The maximum atomic E-state index is 12.7. The van der Waals surface area contributed by atoms with E-state index in [1.165, 1.54) is 11.8 Å². The number of rotatable bonds is 11. The Morgan fingerprint density at radius 3 is 2.48 bits per heavy atom. The van der Waals surface area contributed by atoms with Gasteiger partial charge in [-0.2, -0.15) is 5.10 Å². The molecule has 10 heteroatoms. The van der Waals surface area contributed by atoms with Gasteiger partial charge in [0.15, 0.2) is 22.5 Å². The summed E-state index contributed by atoms with van der Waals surface area (Å²) in [6, 6.07) is 30.8. The summed E-state index contributed by atoms with van der Waals surface area (Å²) >= 11 is 7.39. The number of benzene rings is 4. The van der Waals surface area contributed by atoms with E-state index in [0.717, 1.165) is 27.9 Å². The van der Waals surface area contributed by atoms with Crippen molar-refractivity contribution in [1.29, 1.82) is 0 Å². The molecule has 0 aliphatic carbocycles. The molecule has 0 aliphatic rings. The van der Waals surface area contributed by atoms with Gasteiger partial charge in [-0.15, -0.1) is 10.2 Å². The fourth-order valence-electron chi connectivity index (χ4n) is 4.04. The molecule has 5 aromatic rings. The normalized spacial score (nSPS) is 11.0. The molecule has 4 aromatic carbocycles. The second-order valence-electron chi connectivity index (χ2n) is 9.25. The van der Waals surface area contributed by atoms with E-state index >= 15 is 0 Å². The zero-order valence-corrected chi connectivity index (χ0v) is 24.6. The van der Waals surface area contributed by atoms with Crippen molar-refractivity contribution >= 4 is 35.5 Å². The van der Waals surface area contributed by atoms with Crippen molar-refractivity contribution in [2.45, 2.75) is 18.7 Å². The number of aromatic nitrogens is 3. The van der Waals surface area contributed by atoms with Gasteiger partial charge in [0, 0.05) is 16.3 Å². The summed E-state index contributed by atoms with van der Waals surface area (Å²) in [5.41, 5.74) is 7.27. The molecule has 212 valence electrons. The van der Waals surface area contributed by atoms with Crippen LogP contribution in [0.5, 0.6) is 11.5 Å². The Hall–Kier alpha value is -4.60. The van der Waals surface area contributed by atoms with Crippen molar-refractivity contribution in [3.63, 3.8) is 0 Å². The van der Waals surface area contributed by atoms with Crippen molar-refractivity contribution in [2.75, 3.05) is 12.9 Å². The first kappa shape index (κ1) is 28.9. The van der Waals surface area contributed by atoms with Gasteiger partial charge in [-0.25, -0.2) is 5.43 Å². The highest BCUT2D eigenvalue weighted by atomic mass is 35.5. The predicted molar refractivity (Wildman–Crippen MR) is 167 cm³/mol. The lowest BCUT2D eigenvalue weighted by atomic mass is 10.1. The van der Waals surface area contributed by atoms with E-state index in [1.807, 2.05) is 102 Å². The molecule has 0 unspecified atom stereocenters. The molecular formula is C32H28ClN5O3S. The van der Waals surface area contributed by atoms with Gasteiger partial charge < -0.3 is 9.47 Å². The summed E-state index contributed by atoms with van der Waals surface area (Å²) < 4.78 is 13.3. The summed E-state index contributed by atoms with van der Waals surface area (Å²) in [6.07, 6.45) is 1.56. The number of amides is 1. The number of methoxy groups -OCH3 is 1. The number of aryl methyl sites for hydroxylation is 1. The monoisotopic (exact) mass is 597 g/mol. The van der Waals surface area contributed by atoms with Crippen LogP contribution in [0.3, 0.4) is 0 Å². The standard InChI is InChI=1S/C32H28ClN5O3S/c1-22-8-11-25(12-9-22)31-36-37-32(38(31)27-15-13-26(33)14-16-27)42-21-30(39)35-34-19-24-10-17-28(40-2)29(18-24)41-20-23-6-4-3-5-7-23/h3-19H,20-21H2,1-2H3,(H,35,39). The summed E-state index contributed by atoms with van der Waals surface area (Å²) in [4.78, 5) is 12.7. The average molecular weight is 598 g/mol. The first-order valence-corrected chi connectivity index (χ1v) is 14.4. The maximum Gasteiger partial charge on any atom is 0.250 e. The summed E-state index contributed by atoms with van der Waals surface area (Å²) in [7, 11) is 1.59. The smallest absolute Gasteiger partial charge is 0.250 e. The van der Waals surface area contributed by atoms with Crippen molar-refractivity contribution < 1.29 is 14.3 Å². The van der Waals surface area contributed by atoms with Crippen LogP contribution in [0.4, 0.5) is 0 Å². The van der Waals surface area contributed by atoms with E-state index in [-0.39, 0.29) is 11.7 Å². The highest BCUT2D eigenvalue weighted by Gasteiger charge is 2.17. The van der Waals surface area contributed by atoms with Gasteiger partial charge in [-0.05, 0) is 60.5 Å². The predicted octanol–water partition coefficient (Wildman–Crippen LogP) is 6.73. The number of carbonyl (C=O) groups is 1. The molecule has 0 radical (unpaired) electrons. The third-order valence-corrected chi connectivity index (χ3v) is 7.37. The zero-order valence-electron chi connectivity index (χ0n) is 23.0. The van der Waals surface area contributed by atoms with Crippen LogP contribution in [-0.2, 0) is 11.4 Å². The van der Waals surface area contributed by atoms with Gasteiger partial charge in [-0.3, -0.25) is 9.36 Å². The Labute approximate surface area is 253 Å². The van der Waals surface area contributed by atoms with Crippen LogP contribution in [-0.4, -0.2) is 39.7 Å². The number of hydrogen-bond acceptors (Lipinski definition) is 7. The van der Waals surface area contributed by atoms with Crippen LogP contribution in [0, 0.1) is 6.92 Å². The lowest BCUT2D eigenvalue weighted by Gasteiger charge is -2.11. The van der Waals surface area contributed by atoms with Crippen molar-refractivity contribution in [3.05, 3.63) is 119 Å². The number of nitrogens with one attached hydrogen (secondary N) is 1. The SMILES string of the molecule is COc1ccc(C=NNC(=O)CSc2nnc(-c3ccc(C)cc3)n2-c2ccc(Cl)cc2)cc1OCc1ccccc1. The van der Waals surface area contributed by atoms with Crippen LogP contribution in [0.15, 0.2) is 107 Å². The number of hydrazone groups is 1. The van der Waals surface area contributed by atoms with Crippen molar-refractivity contribution in [1.82, 2.24) is 20.2 Å². The summed E-state index contributed by atoms with van der Waals surface area (Å²) in [5, 5.41) is 14.1. The van der Waals surface area contributed by atoms with Gasteiger partial charge in [0.05, 0.1) is 19.1 Å². The number of ether oxygens (including phenoxy) is 2. The zero-order chi connectivity index (χ0) is 29.3. The summed E-state index contributed by atoms with van der Waals surface area (Å²) in [5.74, 6) is 1.66. The van der Waals surface area contributed by atoms with Gasteiger partial charge >= 0.3 is 0 Å². The van der Waals surface area contributed by atoms with Gasteiger partial charge in [0.1, 0.15) is 6.61 Å². The number of carbonyl (C=O) groups excluding carboxylic acids is 1. The van der Waals surface area contributed by atoms with Gasteiger partial charge in [-0.1, -0.05) is 83.5 Å². The molecule has 1 N–H and O–H groups in total. The molecule has 0 atom stereocenters. The highest BCUT2D eigenvalue weighted by Crippen LogP contribution is 2.30. The molecule has 8 nitrogen and oxygen atoms in total. The minimum absolute atomic E-state index is 0.0883. The molecule has 0 saturated carbocycles. The largest absolute Gasteiger partial charge is 0.493 e. The first-order valence-electron chi connectivity index (χ1n) is 13.1. The number of hydrogen-bond donors (Lipinski definition) is 1. The van der Waals surface area contributed by atoms with Crippen molar-refractivity contribution in [2.24, 2.45) is 5.10 Å². The Morgan fingerprint density at radius 1 is 0.976 bits per heavy atom. The quantitative estimate of drug-likeness (QED) is 0.103. The topological polar surface area (TPSA) is 90.6 Å². The Balaban J connectivity index is 1.24. The molecule has 0 fully saturated rings. The van der Waals surface area contributed by atoms with E-state index in [4.69, 9.17) is 21.1 Å². The molecule has 1 aromatic heterocycles. The fraction of sp³-hybridized carbons (Fsp3) is 0.125. The van der Waals surface area contributed by atoms with Crippen LogP contribution in [0.1, 0.15) is 16.7 Å². The molecule has 0 bridgehead atoms. The van der Waals surface area contributed by atoms with E-state index in [2.05, 4.69) is 20.7 Å². The first-order chi connectivity index (χ1) is 20.5. The van der Waals surface area contributed by atoms with Gasteiger partial charge in [0.25, 0.3) is 5.91 Å². The maximum absolute atomic E-state index is 12.7. The summed E-state index contributed by atoms with van der Waals surface area (Å²) in [6.45, 7) is 2.43. The second kappa shape index (κ2) is 13.8. The van der Waals surface area contributed by atoms with Crippen molar-refractivity contribution in [3.8, 4) is 28.6 Å². The van der Waals surface area contributed by atoms with E-state index in [9.17, 15) is 4.79 Å². The Morgan fingerprint density at radius 2 is 1.74 bits per heavy atom. The van der Waals surface area contributed by atoms with E-state index < -0.39 is 0 Å². The fourth-order valence-corrected chi connectivity index (χ4v) is 4.91. The lowest BCUT2D eigenvalue weighted by molar-refractivity contribution is -0.118. The molecular weight excluding hydrogens is 570 g/mol. The number of halogens is 1. The molecule has 0 aliphatic heterocycles. The van der Waals surface area contributed by atoms with Crippen LogP contribution < -0.4 is 14.9 Å². The molecule has 1 amide bonds. The lowest BCUT2D eigenvalue weighted by Crippen LogP contribution is -2.20. The Bertz CT molecular complexity index is 1670. The molecule has 5 rings (SSSR count). The number of thioether (sulfide) groups is 1. The van der Waals surface area contributed by atoms with E-state index in [0.29, 0.717) is 34.1 Å². The van der Waals surface area contributed by atoms with Gasteiger partial charge in [0.2, 0.25) is 0 Å². The van der Waals surface area contributed by atoms with Crippen LogP contribution in [0.25, 0.3) is 17.1 Å². The molecule has 1 heterocycles. The second-order valence-corrected chi connectivity index (χ2v) is 10.6. The third kappa shape index (κ3) is 7.37.